The number of carboxylic acids is 1. The summed E-state index contributed by atoms with van der Waals surface area (Å²) in [6, 6.07) is 9.62. The lowest BCUT2D eigenvalue weighted by Crippen LogP contribution is -2.36. The number of aliphatic carboxylic acids is 1. The number of fused-ring (bicyclic) bond motifs is 1. The van der Waals surface area contributed by atoms with Crippen molar-refractivity contribution >= 4 is 12.3 Å². The number of aldehydes is 1. The summed E-state index contributed by atoms with van der Waals surface area (Å²) in [5.41, 5.74) is 1.73. The van der Waals surface area contributed by atoms with Gasteiger partial charge in [0, 0.05) is 5.92 Å². The molecule has 2 aliphatic rings. The molecule has 0 radical (unpaired) electrons. The molecule has 0 fully saturated rings. The van der Waals surface area contributed by atoms with E-state index in [-0.39, 0.29) is 17.4 Å². The Kier molecular flexibility index (Phi) is 4.06. The van der Waals surface area contributed by atoms with Gasteiger partial charge in [-0.15, -0.1) is 0 Å². The molecule has 5 heteroatoms. The quantitative estimate of drug-likeness (QED) is 0.845. The molecule has 5 nitrogen and oxygen atoms in total. The van der Waals surface area contributed by atoms with Crippen LogP contribution in [0, 0.1) is 11.8 Å². The zero-order valence-corrected chi connectivity index (χ0v) is 11.8. The van der Waals surface area contributed by atoms with Crippen molar-refractivity contribution in [2.24, 2.45) is 11.8 Å². The van der Waals surface area contributed by atoms with Gasteiger partial charge in [-0.05, 0) is 17.6 Å². The van der Waals surface area contributed by atoms with Gasteiger partial charge < -0.3 is 14.6 Å². The molecule has 114 valence electrons. The lowest BCUT2D eigenvalue weighted by atomic mass is 9.84. The molecule has 22 heavy (non-hydrogen) atoms. The number of carbonyl (C=O) groups is 2. The average molecular weight is 300 g/mol. The standard InChI is InChI=1S/C17H16O5/c18-8-12-6-7-13-14(16(19)20)10-22-17(15(12)13)21-9-11-4-2-1-3-5-11/h1-6,8,10,13,15,17H,7,9H2,(H,19,20)/t13-,15-,17-/m1/s1. The van der Waals surface area contributed by atoms with Crippen molar-refractivity contribution in [1.29, 1.82) is 0 Å². The number of benzene rings is 1. The van der Waals surface area contributed by atoms with Crippen LogP contribution in [0.1, 0.15) is 12.0 Å². The van der Waals surface area contributed by atoms with Gasteiger partial charge in [-0.2, -0.15) is 0 Å². The van der Waals surface area contributed by atoms with Crippen LogP contribution in [-0.2, 0) is 25.7 Å². The fourth-order valence-corrected chi connectivity index (χ4v) is 2.99. The Balaban J connectivity index is 1.77. The van der Waals surface area contributed by atoms with Crippen LogP contribution in [-0.4, -0.2) is 23.7 Å². The van der Waals surface area contributed by atoms with Crippen LogP contribution >= 0.6 is 0 Å². The predicted octanol–water partition coefficient (Wildman–Crippen LogP) is 2.29. The van der Waals surface area contributed by atoms with Gasteiger partial charge in [0.2, 0.25) is 6.29 Å². The lowest BCUT2D eigenvalue weighted by molar-refractivity contribution is -0.160. The minimum absolute atomic E-state index is 0.192. The fourth-order valence-electron chi connectivity index (χ4n) is 2.99. The smallest absolute Gasteiger partial charge is 0.335 e. The van der Waals surface area contributed by atoms with Crippen LogP contribution in [0.3, 0.4) is 0 Å². The average Bonchev–Trinajstić information content (AvgIpc) is 2.97. The topological polar surface area (TPSA) is 72.8 Å². The third-order valence-corrected chi connectivity index (χ3v) is 4.09. The molecule has 0 unspecified atom stereocenters. The minimum atomic E-state index is -1.02. The second-order valence-electron chi connectivity index (χ2n) is 5.37. The van der Waals surface area contributed by atoms with Crippen molar-refractivity contribution < 1.29 is 24.2 Å². The molecule has 0 spiro atoms. The monoisotopic (exact) mass is 300 g/mol. The van der Waals surface area contributed by atoms with Gasteiger partial charge in [0.25, 0.3) is 0 Å². The van der Waals surface area contributed by atoms with Crippen LogP contribution < -0.4 is 0 Å². The van der Waals surface area contributed by atoms with Crippen molar-refractivity contribution in [3.8, 4) is 0 Å². The summed E-state index contributed by atoms with van der Waals surface area (Å²) in [7, 11) is 0. The molecule has 0 bridgehead atoms. The SMILES string of the molecule is O=CC1=CC[C@@H]2C(C(=O)O)=CO[C@@H](OCc3ccccc3)[C@H]12. The number of hydrogen-bond acceptors (Lipinski definition) is 4. The lowest BCUT2D eigenvalue weighted by Gasteiger charge is -2.33. The van der Waals surface area contributed by atoms with Crippen molar-refractivity contribution in [3.63, 3.8) is 0 Å². The molecular weight excluding hydrogens is 284 g/mol. The van der Waals surface area contributed by atoms with Crippen molar-refractivity contribution in [1.82, 2.24) is 0 Å². The van der Waals surface area contributed by atoms with Crippen LogP contribution in [0.25, 0.3) is 0 Å². The first kappa shape index (κ1) is 14.5. The summed E-state index contributed by atoms with van der Waals surface area (Å²) in [6.45, 7) is 0.344. The molecule has 1 aliphatic heterocycles. The molecule has 1 heterocycles. The first-order valence-corrected chi connectivity index (χ1v) is 7.10. The molecule has 1 aromatic carbocycles. The molecular formula is C17H16O5. The highest BCUT2D eigenvalue weighted by atomic mass is 16.7. The van der Waals surface area contributed by atoms with Gasteiger partial charge in [-0.25, -0.2) is 4.79 Å². The first-order valence-electron chi connectivity index (χ1n) is 7.10. The summed E-state index contributed by atoms with van der Waals surface area (Å²) in [5, 5.41) is 9.24. The van der Waals surface area contributed by atoms with Crippen LogP contribution in [0.15, 0.2) is 53.8 Å². The van der Waals surface area contributed by atoms with E-state index in [4.69, 9.17) is 9.47 Å². The Labute approximate surface area is 127 Å². The fraction of sp³-hybridized carbons (Fsp3) is 0.294. The Hall–Kier alpha value is -2.40. The summed E-state index contributed by atoms with van der Waals surface area (Å²) in [5.74, 6) is -1.65. The summed E-state index contributed by atoms with van der Waals surface area (Å²) < 4.78 is 11.2. The van der Waals surface area contributed by atoms with E-state index in [0.717, 1.165) is 11.8 Å². The normalized spacial score (nSPS) is 26.5. The largest absolute Gasteiger partial charge is 0.478 e. The Bertz CT molecular complexity index is 632. The third-order valence-electron chi connectivity index (χ3n) is 4.09. The van der Waals surface area contributed by atoms with E-state index in [1.807, 2.05) is 30.3 Å². The number of hydrogen-bond donors (Lipinski definition) is 1. The van der Waals surface area contributed by atoms with Gasteiger partial charge in [-0.3, -0.25) is 4.79 Å². The second kappa shape index (κ2) is 6.15. The highest BCUT2D eigenvalue weighted by molar-refractivity contribution is 5.88. The second-order valence-corrected chi connectivity index (χ2v) is 5.37. The van der Waals surface area contributed by atoms with E-state index < -0.39 is 12.3 Å². The van der Waals surface area contributed by atoms with Crippen molar-refractivity contribution in [2.75, 3.05) is 0 Å². The molecule has 0 amide bonds. The minimum Gasteiger partial charge on any atom is -0.478 e. The number of ether oxygens (including phenoxy) is 2. The van der Waals surface area contributed by atoms with Gasteiger partial charge in [0.1, 0.15) is 6.29 Å². The highest BCUT2D eigenvalue weighted by Crippen LogP contribution is 2.42. The van der Waals surface area contributed by atoms with Gasteiger partial charge >= 0.3 is 5.97 Å². The number of carbonyl (C=O) groups excluding carboxylic acids is 1. The third kappa shape index (κ3) is 2.67. The Morgan fingerprint density at radius 1 is 1.36 bits per heavy atom. The van der Waals surface area contributed by atoms with E-state index in [0.29, 0.717) is 18.6 Å². The number of rotatable bonds is 5. The molecule has 0 saturated heterocycles. The molecule has 1 N–H and O–H groups in total. The van der Waals surface area contributed by atoms with E-state index >= 15 is 0 Å². The van der Waals surface area contributed by atoms with Crippen molar-refractivity contribution in [3.05, 3.63) is 59.4 Å². The first-order chi connectivity index (χ1) is 10.7. The van der Waals surface area contributed by atoms with Crippen LogP contribution in [0.4, 0.5) is 0 Å². The number of allylic oxidation sites excluding steroid dienone is 1. The Morgan fingerprint density at radius 2 is 2.14 bits per heavy atom. The van der Waals surface area contributed by atoms with Gasteiger partial charge in [0.05, 0.1) is 24.4 Å². The molecule has 1 aliphatic carbocycles. The van der Waals surface area contributed by atoms with Gasteiger partial charge in [-0.1, -0.05) is 36.4 Å². The summed E-state index contributed by atoms with van der Waals surface area (Å²) >= 11 is 0. The molecule has 1 aromatic rings. The van der Waals surface area contributed by atoms with Gasteiger partial charge in [0.15, 0.2) is 0 Å². The predicted molar refractivity (Wildman–Crippen MR) is 77.6 cm³/mol. The maximum absolute atomic E-state index is 11.3. The molecule has 3 rings (SSSR count). The van der Waals surface area contributed by atoms with Crippen LogP contribution in [0.5, 0.6) is 0 Å². The van der Waals surface area contributed by atoms with E-state index in [2.05, 4.69) is 0 Å². The molecule has 3 atom stereocenters. The Morgan fingerprint density at radius 3 is 2.82 bits per heavy atom. The molecule has 0 saturated carbocycles. The van der Waals surface area contributed by atoms with E-state index in [1.54, 1.807) is 6.08 Å². The maximum atomic E-state index is 11.3. The zero-order chi connectivity index (χ0) is 15.5. The molecule has 0 aromatic heterocycles. The summed E-state index contributed by atoms with van der Waals surface area (Å²) in [6.07, 6.45) is 3.66. The van der Waals surface area contributed by atoms with Crippen LogP contribution in [0.2, 0.25) is 0 Å². The summed E-state index contributed by atoms with van der Waals surface area (Å²) in [4.78, 5) is 22.5. The highest BCUT2D eigenvalue weighted by Gasteiger charge is 2.44. The van der Waals surface area contributed by atoms with Crippen molar-refractivity contribution in [2.45, 2.75) is 19.3 Å². The van der Waals surface area contributed by atoms with E-state index in [1.165, 1.54) is 6.26 Å². The zero-order valence-electron chi connectivity index (χ0n) is 11.8. The number of carboxylic acid groups (broad SMARTS) is 1. The maximum Gasteiger partial charge on any atom is 0.335 e. The van der Waals surface area contributed by atoms with E-state index in [9.17, 15) is 14.7 Å².